The summed E-state index contributed by atoms with van der Waals surface area (Å²) in [7, 11) is 0. The first-order chi connectivity index (χ1) is 11.9. The van der Waals surface area contributed by atoms with E-state index in [4.69, 9.17) is 0 Å². The van der Waals surface area contributed by atoms with E-state index in [0.717, 1.165) is 18.3 Å². The highest BCUT2D eigenvalue weighted by Gasteiger charge is 2.20. The Labute approximate surface area is 147 Å². The molecule has 0 unspecified atom stereocenters. The Kier molecular flexibility index (Phi) is 4.76. The summed E-state index contributed by atoms with van der Waals surface area (Å²) in [6.07, 6.45) is 5.80. The number of benzene rings is 1. The van der Waals surface area contributed by atoms with Gasteiger partial charge in [-0.05, 0) is 55.3 Å². The molecule has 3 nitrogen and oxygen atoms in total. The van der Waals surface area contributed by atoms with Crippen molar-refractivity contribution in [3.63, 3.8) is 0 Å². The number of aromatic nitrogens is 2. The summed E-state index contributed by atoms with van der Waals surface area (Å²) in [6, 6.07) is 15.1. The Morgan fingerprint density at radius 2 is 1.92 bits per heavy atom. The minimum absolute atomic E-state index is 0.826. The van der Waals surface area contributed by atoms with Gasteiger partial charge in [0.1, 0.15) is 5.82 Å². The van der Waals surface area contributed by atoms with Crippen molar-refractivity contribution < 1.29 is 0 Å². The summed E-state index contributed by atoms with van der Waals surface area (Å²) in [5.74, 6) is 1.83. The molecule has 1 N–H and O–H groups in total. The van der Waals surface area contributed by atoms with Crippen LogP contribution in [0, 0.1) is 5.92 Å². The molecule has 1 fully saturated rings. The highest BCUT2D eigenvalue weighted by Crippen LogP contribution is 2.24. The van der Waals surface area contributed by atoms with Crippen LogP contribution in [-0.4, -0.2) is 28.0 Å². The average Bonchev–Trinajstić information content (AvgIpc) is 3.29. The zero-order chi connectivity index (χ0) is 16.2. The molecule has 2 aromatic heterocycles. The maximum Gasteiger partial charge on any atom is 0.147 e. The molecule has 24 heavy (non-hydrogen) atoms. The van der Waals surface area contributed by atoms with E-state index >= 15 is 0 Å². The summed E-state index contributed by atoms with van der Waals surface area (Å²) < 4.78 is 0. The predicted octanol–water partition coefficient (Wildman–Crippen LogP) is 4.59. The number of nitrogens with zero attached hydrogens (tertiary/aromatic N) is 2. The van der Waals surface area contributed by atoms with Gasteiger partial charge >= 0.3 is 0 Å². The number of rotatable bonds is 5. The van der Waals surface area contributed by atoms with Crippen molar-refractivity contribution in [2.75, 3.05) is 13.1 Å². The first-order valence-electron chi connectivity index (χ1n) is 8.71. The third kappa shape index (κ3) is 3.77. The molecule has 1 aliphatic heterocycles. The third-order valence-electron chi connectivity index (χ3n) is 4.85. The number of thiophene rings is 1. The molecule has 0 atom stereocenters. The molecule has 0 amide bonds. The number of aromatic amines is 1. The number of hydrogen-bond acceptors (Lipinski definition) is 3. The molecule has 1 aliphatic rings. The fourth-order valence-electron chi connectivity index (χ4n) is 3.51. The lowest BCUT2D eigenvalue weighted by atomic mass is 9.90. The molecule has 4 rings (SSSR count). The summed E-state index contributed by atoms with van der Waals surface area (Å²) in [6.45, 7) is 3.35. The normalized spacial score (nSPS) is 16.5. The summed E-state index contributed by atoms with van der Waals surface area (Å²) >= 11 is 1.73. The predicted molar refractivity (Wildman–Crippen MR) is 100 cm³/mol. The van der Waals surface area contributed by atoms with Crippen molar-refractivity contribution in [1.29, 1.82) is 0 Å². The van der Waals surface area contributed by atoms with E-state index in [2.05, 4.69) is 62.7 Å². The van der Waals surface area contributed by atoms with Crippen molar-refractivity contribution in [3.8, 4) is 10.7 Å². The van der Waals surface area contributed by atoms with Crippen molar-refractivity contribution >= 4 is 11.3 Å². The molecule has 1 saturated heterocycles. The summed E-state index contributed by atoms with van der Waals surface area (Å²) in [4.78, 5) is 11.8. The van der Waals surface area contributed by atoms with E-state index in [0.29, 0.717) is 0 Å². The van der Waals surface area contributed by atoms with Crippen LogP contribution in [0.25, 0.3) is 10.7 Å². The molecular weight excluding hydrogens is 314 g/mol. The van der Waals surface area contributed by atoms with Gasteiger partial charge in [-0.2, -0.15) is 0 Å². The number of nitrogens with one attached hydrogen (secondary N) is 1. The standard InChI is InChI=1S/C20H23N3S/c1-2-5-16(6-3-1)13-17-8-10-23(11-9-17)15-18-14-21-20(22-18)19-7-4-12-24-19/h1-7,12,14,17H,8-11,13,15H2,(H,21,22). The molecule has 1 aromatic carbocycles. The fraction of sp³-hybridized carbons (Fsp3) is 0.350. The first-order valence-corrected chi connectivity index (χ1v) is 9.59. The van der Waals surface area contributed by atoms with E-state index in [1.54, 1.807) is 11.3 Å². The first kappa shape index (κ1) is 15.6. The van der Waals surface area contributed by atoms with Gasteiger partial charge < -0.3 is 4.98 Å². The molecule has 0 saturated carbocycles. The van der Waals surface area contributed by atoms with Crippen LogP contribution in [0.3, 0.4) is 0 Å². The number of imidazole rings is 1. The Bertz CT molecular complexity index is 740. The van der Waals surface area contributed by atoms with Crippen LogP contribution < -0.4 is 0 Å². The fourth-order valence-corrected chi connectivity index (χ4v) is 4.19. The maximum absolute atomic E-state index is 4.52. The van der Waals surface area contributed by atoms with Crippen molar-refractivity contribution in [3.05, 3.63) is 65.3 Å². The highest BCUT2D eigenvalue weighted by atomic mass is 32.1. The number of piperidine rings is 1. The molecule has 0 bridgehead atoms. The van der Waals surface area contributed by atoms with Crippen LogP contribution in [-0.2, 0) is 13.0 Å². The smallest absolute Gasteiger partial charge is 0.147 e. The zero-order valence-corrected chi connectivity index (χ0v) is 14.6. The molecule has 0 spiro atoms. The van der Waals surface area contributed by atoms with E-state index < -0.39 is 0 Å². The van der Waals surface area contributed by atoms with E-state index in [1.165, 1.54) is 48.5 Å². The minimum atomic E-state index is 0.826. The molecular formula is C20H23N3S. The van der Waals surface area contributed by atoms with Crippen LogP contribution in [0.5, 0.6) is 0 Å². The van der Waals surface area contributed by atoms with Crippen LogP contribution >= 0.6 is 11.3 Å². The molecule has 4 heteroatoms. The monoisotopic (exact) mass is 337 g/mol. The molecule has 3 aromatic rings. The van der Waals surface area contributed by atoms with Crippen LogP contribution in [0.1, 0.15) is 24.1 Å². The van der Waals surface area contributed by atoms with Crippen molar-refractivity contribution in [1.82, 2.24) is 14.9 Å². The zero-order valence-electron chi connectivity index (χ0n) is 13.8. The van der Waals surface area contributed by atoms with Gasteiger partial charge in [-0.3, -0.25) is 4.90 Å². The van der Waals surface area contributed by atoms with E-state index in [9.17, 15) is 0 Å². The summed E-state index contributed by atoms with van der Waals surface area (Å²) in [5.41, 5.74) is 2.70. The highest BCUT2D eigenvalue weighted by molar-refractivity contribution is 7.13. The Morgan fingerprint density at radius 3 is 2.67 bits per heavy atom. The molecule has 124 valence electrons. The van der Waals surface area contributed by atoms with Gasteiger partial charge in [0.05, 0.1) is 4.88 Å². The van der Waals surface area contributed by atoms with Gasteiger partial charge in [0.2, 0.25) is 0 Å². The Balaban J connectivity index is 1.29. The topological polar surface area (TPSA) is 31.9 Å². The number of likely N-dealkylation sites (tertiary alicyclic amines) is 1. The van der Waals surface area contributed by atoms with Gasteiger partial charge in [0.15, 0.2) is 0 Å². The van der Waals surface area contributed by atoms with Crippen molar-refractivity contribution in [2.24, 2.45) is 5.92 Å². The van der Waals surface area contributed by atoms with Crippen molar-refractivity contribution in [2.45, 2.75) is 25.8 Å². The molecule has 0 aliphatic carbocycles. The average molecular weight is 337 g/mol. The quantitative estimate of drug-likeness (QED) is 0.738. The molecule has 3 heterocycles. The minimum Gasteiger partial charge on any atom is -0.340 e. The van der Waals surface area contributed by atoms with Crippen LogP contribution in [0.15, 0.2) is 54.0 Å². The summed E-state index contributed by atoms with van der Waals surface area (Å²) in [5, 5.41) is 2.09. The lowest BCUT2D eigenvalue weighted by Gasteiger charge is -2.31. The largest absolute Gasteiger partial charge is 0.340 e. The van der Waals surface area contributed by atoms with Crippen LogP contribution in [0.4, 0.5) is 0 Å². The lowest BCUT2D eigenvalue weighted by molar-refractivity contribution is 0.175. The second-order valence-corrected chi connectivity index (χ2v) is 7.59. The number of hydrogen-bond donors (Lipinski definition) is 1. The van der Waals surface area contributed by atoms with Gasteiger partial charge in [0, 0.05) is 18.4 Å². The van der Waals surface area contributed by atoms with Gasteiger partial charge in [-0.25, -0.2) is 4.98 Å². The Morgan fingerprint density at radius 1 is 1.08 bits per heavy atom. The third-order valence-corrected chi connectivity index (χ3v) is 5.73. The maximum atomic E-state index is 4.52. The second-order valence-electron chi connectivity index (χ2n) is 6.64. The SMILES string of the molecule is c1ccc(CC2CCN(Cc3cnc(-c4cccs4)[nH]3)CC2)cc1. The Hall–Kier alpha value is -1.91. The van der Waals surface area contributed by atoms with Gasteiger partial charge in [-0.1, -0.05) is 36.4 Å². The number of H-pyrrole nitrogens is 1. The van der Waals surface area contributed by atoms with Gasteiger partial charge in [0.25, 0.3) is 0 Å². The van der Waals surface area contributed by atoms with E-state index in [-0.39, 0.29) is 0 Å². The lowest BCUT2D eigenvalue weighted by Crippen LogP contribution is -2.33. The van der Waals surface area contributed by atoms with Crippen LogP contribution in [0.2, 0.25) is 0 Å². The van der Waals surface area contributed by atoms with Gasteiger partial charge in [-0.15, -0.1) is 11.3 Å². The molecule has 0 radical (unpaired) electrons. The van der Waals surface area contributed by atoms with E-state index in [1.807, 2.05) is 6.20 Å². The second kappa shape index (κ2) is 7.32.